The molecule has 4 rings (SSSR count). The molecule has 0 unspecified atom stereocenters. The lowest BCUT2D eigenvalue weighted by atomic mass is 10.1. The molecule has 3 N–H and O–H groups in total. The summed E-state index contributed by atoms with van der Waals surface area (Å²) in [5.74, 6) is 0.715. The highest BCUT2D eigenvalue weighted by Gasteiger charge is 2.22. The van der Waals surface area contributed by atoms with Gasteiger partial charge in [0, 0.05) is 16.0 Å². The summed E-state index contributed by atoms with van der Waals surface area (Å²) in [4.78, 5) is 0. The molecule has 0 amide bonds. The summed E-state index contributed by atoms with van der Waals surface area (Å²) >= 11 is 7.66. The van der Waals surface area contributed by atoms with Crippen molar-refractivity contribution in [1.82, 2.24) is 14.9 Å². The molecule has 0 saturated heterocycles. The summed E-state index contributed by atoms with van der Waals surface area (Å²) in [6, 6.07) is 15.9. The first-order valence-electron chi connectivity index (χ1n) is 8.27. The summed E-state index contributed by atoms with van der Waals surface area (Å²) in [7, 11) is 0. The normalized spacial score (nSPS) is 14.3. The van der Waals surface area contributed by atoms with Gasteiger partial charge >= 0.3 is 0 Å². The maximum atomic E-state index is 6.41. The third kappa shape index (κ3) is 3.35. The van der Waals surface area contributed by atoms with E-state index in [0.717, 1.165) is 27.0 Å². The van der Waals surface area contributed by atoms with Crippen LogP contribution in [0.2, 0.25) is 5.02 Å². The molecule has 1 aromatic heterocycles. The average Bonchev–Trinajstić information content (AvgIpc) is 3.08. The monoisotopic (exact) mass is 383 g/mol. The third-order valence-electron chi connectivity index (χ3n) is 4.27. The van der Waals surface area contributed by atoms with Crippen molar-refractivity contribution < 1.29 is 0 Å². The molecule has 0 saturated carbocycles. The zero-order chi connectivity index (χ0) is 18.1. The van der Waals surface area contributed by atoms with Crippen LogP contribution in [0.3, 0.4) is 0 Å². The van der Waals surface area contributed by atoms with Crippen LogP contribution in [0.1, 0.15) is 28.6 Å². The lowest BCUT2D eigenvalue weighted by Gasteiger charge is -2.21. The van der Waals surface area contributed by atoms with Crippen molar-refractivity contribution in [2.24, 2.45) is 5.73 Å². The Kier molecular flexibility index (Phi) is 4.72. The Balaban J connectivity index is 1.58. The van der Waals surface area contributed by atoms with Gasteiger partial charge in [0.05, 0.1) is 11.7 Å². The van der Waals surface area contributed by atoms with E-state index in [1.54, 1.807) is 0 Å². The maximum absolute atomic E-state index is 6.41. The molecule has 1 aliphatic heterocycles. The van der Waals surface area contributed by atoms with Gasteiger partial charge in [-0.05, 0) is 36.6 Å². The number of aromatic nitrogens is 3. The van der Waals surface area contributed by atoms with Crippen molar-refractivity contribution in [2.75, 3.05) is 5.43 Å². The maximum Gasteiger partial charge on any atom is 0.214 e. The molecule has 3 aromatic rings. The van der Waals surface area contributed by atoms with Crippen LogP contribution in [0.4, 0.5) is 0 Å². The second-order valence-electron chi connectivity index (χ2n) is 6.20. The smallest absolute Gasteiger partial charge is 0.214 e. The highest BCUT2D eigenvalue weighted by molar-refractivity contribution is 8.02. The Hall–Kier alpha value is -2.28. The molecular weight excluding hydrogens is 366 g/mol. The minimum Gasteiger partial charge on any atom is -0.321 e. The van der Waals surface area contributed by atoms with E-state index in [9.17, 15) is 0 Å². The van der Waals surface area contributed by atoms with Crippen molar-refractivity contribution in [3.63, 3.8) is 0 Å². The van der Waals surface area contributed by atoms with Crippen molar-refractivity contribution >= 4 is 29.1 Å². The van der Waals surface area contributed by atoms with Gasteiger partial charge in [-0.15, -0.1) is 10.2 Å². The Morgan fingerprint density at radius 2 is 2.00 bits per heavy atom. The number of nitrogens with one attached hydrogen (secondary N) is 1. The van der Waals surface area contributed by atoms with Gasteiger partial charge in [0.25, 0.3) is 0 Å². The SMILES string of the molecule is Cc1cc(C2=CSc3nnc([C@@H](N)Cc4ccccc4)n3N2)ccc1Cl. The van der Waals surface area contributed by atoms with E-state index >= 15 is 0 Å². The van der Waals surface area contributed by atoms with Gasteiger partial charge in [-0.1, -0.05) is 59.8 Å². The van der Waals surface area contributed by atoms with E-state index in [2.05, 4.69) is 33.8 Å². The fourth-order valence-corrected chi connectivity index (χ4v) is 3.73. The second kappa shape index (κ2) is 7.15. The van der Waals surface area contributed by atoms with Crippen molar-refractivity contribution in [1.29, 1.82) is 0 Å². The molecule has 0 aliphatic carbocycles. The molecule has 0 bridgehead atoms. The van der Waals surface area contributed by atoms with Gasteiger partial charge in [0.2, 0.25) is 5.16 Å². The number of hydrogen-bond acceptors (Lipinski definition) is 5. The van der Waals surface area contributed by atoms with Crippen LogP contribution in [0.25, 0.3) is 5.70 Å². The average molecular weight is 384 g/mol. The van der Waals surface area contributed by atoms with E-state index in [-0.39, 0.29) is 6.04 Å². The summed E-state index contributed by atoms with van der Waals surface area (Å²) in [5, 5.41) is 12.1. The van der Waals surface area contributed by atoms with Crippen LogP contribution in [0, 0.1) is 6.92 Å². The van der Waals surface area contributed by atoms with Crippen molar-refractivity contribution in [2.45, 2.75) is 24.5 Å². The predicted molar refractivity (Wildman–Crippen MR) is 106 cm³/mol. The van der Waals surface area contributed by atoms with Gasteiger partial charge in [-0.2, -0.15) is 0 Å². The van der Waals surface area contributed by atoms with E-state index in [4.69, 9.17) is 17.3 Å². The minimum absolute atomic E-state index is 0.252. The molecule has 2 aromatic carbocycles. The first-order chi connectivity index (χ1) is 12.6. The number of fused-ring (bicyclic) bond motifs is 1. The molecule has 5 nitrogen and oxygen atoms in total. The molecule has 132 valence electrons. The highest BCUT2D eigenvalue weighted by Crippen LogP contribution is 2.31. The Bertz CT molecular complexity index is 967. The number of rotatable bonds is 4. The fraction of sp³-hybridized carbons (Fsp3) is 0.158. The minimum atomic E-state index is -0.252. The number of thioether (sulfide) groups is 1. The van der Waals surface area contributed by atoms with Crippen LogP contribution >= 0.6 is 23.4 Å². The number of hydrogen-bond donors (Lipinski definition) is 2. The summed E-state index contributed by atoms with van der Waals surface area (Å²) in [6.45, 7) is 1.99. The summed E-state index contributed by atoms with van der Waals surface area (Å²) < 4.78 is 1.87. The topological polar surface area (TPSA) is 68.8 Å². The van der Waals surface area contributed by atoms with E-state index in [1.165, 1.54) is 17.3 Å². The lowest BCUT2D eigenvalue weighted by molar-refractivity contribution is 0.627. The van der Waals surface area contributed by atoms with E-state index < -0.39 is 0 Å². The van der Waals surface area contributed by atoms with Crippen LogP contribution in [-0.2, 0) is 6.42 Å². The van der Waals surface area contributed by atoms with Gasteiger partial charge in [-0.25, -0.2) is 4.68 Å². The molecule has 1 aliphatic rings. The van der Waals surface area contributed by atoms with Crippen LogP contribution < -0.4 is 11.2 Å². The number of nitrogens with two attached hydrogens (primary N) is 1. The first kappa shape index (κ1) is 17.1. The van der Waals surface area contributed by atoms with Gasteiger partial charge in [-0.3, -0.25) is 5.43 Å². The molecule has 0 radical (unpaired) electrons. The number of aryl methyl sites for hydroxylation is 1. The van der Waals surface area contributed by atoms with Gasteiger partial charge in [0.15, 0.2) is 5.82 Å². The lowest BCUT2D eigenvalue weighted by Crippen LogP contribution is -2.25. The van der Waals surface area contributed by atoms with Crippen molar-refractivity contribution in [3.05, 3.63) is 81.5 Å². The zero-order valence-corrected chi connectivity index (χ0v) is 15.8. The van der Waals surface area contributed by atoms with Crippen molar-refractivity contribution in [3.8, 4) is 0 Å². The highest BCUT2D eigenvalue weighted by atomic mass is 35.5. The molecule has 7 heteroatoms. The third-order valence-corrected chi connectivity index (χ3v) is 5.52. The Labute approximate surface area is 161 Å². The number of benzene rings is 2. The Morgan fingerprint density at radius 3 is 2.77 bits per heavy atom. The second-order valence-corrected chi connectivity index (χ2v) is 7.44. The number of nitrogens with zero attached hydrogens (tertiary/aromatic N) is 3. The summed E-state index contributed by atoms with van der Waals surface area (Å²) in [6.07, 6.45) is 0.699. The fourth-order valence-electron chi connectivity index (χ4n) is 2.87. The quantitative estimate of drug-likeness (QED) is 0.708. The molecule has 0 spiro atoms. The summed E-state index contributed by atoms with van der Waals surface area (Å²) in [5.41, 5.74) is 14.0. The zero-order valence-electron chi connectivity index (χ0n) is 14.2. The standard InChI is InChI=1S/C19H18ClN5S/c1-12-9-14(7-8-15(12)20)17-11-26-19-23-22-18(25(19)24-17)16(21)10-13-5-3-2-4-6-13/h2-9,11,16,24H,10,21H2,1H3/t16-/m0/s1. The molecule has 26 heavy (non-hydrogen) atoms. The molecule has 0 fully saturated rings. The molecule has 1 atom stereocenters. The van der Waals surface area contributed by atoms with Gasteiger partial charge in [0.1, 0.15) is 0 Å². The molecule has 2 heterocycles. The van der Waals surface area contributed by atoms with Crippen LogP contribution in [0.15, 0.2) is 59.1 Å². The molecular formula is C19H18ClN5S. The van der Waals surface area contributed by atoms with Crippen LogP contribution in [-0.4, -0.2) is 14.9 Å². The number of halogens is 1. The largest absolute Gasteiger partial charge is 0.321 e. The predicted octanol–water partition coefficient (Wildman–Crippen LogP) is 4.13. The first-order valence-corrected chi connectivity index (χ1v) is 9.53. The van der Waals surface area contributed by atoms with Gasteiger partial charge < -0.3 is 5.73 Å². The van der Waals surface area contributed by atoms with E-state index in [0.29, 0.717) is 12.2 Å². The van der Waals surface area contributed by atoms with E-state index in [1.807, 2.05) is 47.3 Å². The van der Waals surface area contributed by atoms with Crippen LogP contribution in [0.5, 0.6) is 0 Å². The Morgan fingerprint density at radius 1 is 1.19 bits per heavy atom.